The molecule has 0 saturated heterocycles. The van der Waals surface area contributed by atoms with Gasteiger partial charge in [0.25, 0.3) is 0 Å². The fourth-order valence-corrected chi connectivity index (χ4v) is 3.10. The van der Waals surface area contributed by atoms with Crippen LogP contribution in [0, 0.1) is 0 Å². The van der Waals surface area contributed by atoms with Crippen LogP contribution in [0.1, 0.15) is 5.56 Å². The maximum absolute atomic E-state index is 6.05. The highest BCUT2D eigenvalue weighted by atomic mass is 15.0. The number of fused-ring (bicyclic) bond motifs is 4. The Kier molecular flexibility index (Phi) is 2.32. The minimum Gasteiger partial charge on any atom is -0.328 e. The molecule has 98 valence electrons. The summed E-state index contributed by atoms with van der Waals surface area (Å²) in [5.74, 6) is 1.00. The number of pyridine rings is 1. The predicted octanol–water partition coefficient (Wildman–Crippen LogP) is 3.29. The summed E-state index contributed by atoms with van der Waals surface area (Å²) in [4.78, 5) is 4.78. The minimum absolute atomic E-state index is 0.521. The van der Waals surface area contributed by atoms with Gasteiger partial charge in [-0.1, -0.05) is 36.4 Å². The van der Waals surface area contributed by atoms with Crippen LogP contribution in [0.3, 0.4) is 0 Å². The Morgan fingerprint density at radius 2 is 1.70 bits per heavy atom. The number of nitrogens with zero attached hydrogens (tertiary/aromatic N) is 2. The first-order valence-electron chi connectivity index (χ1n) is 6.76. The topological polar surface area (TPSA) is 43.8 Å². The van der Waals surface area contributed by atoms with Crippen LogP contribution in [0.4, 0.5) is 0 Å². The summed E-state index contributed by atoms with van der Waals surface area (Å²) in [6.07, 6.45) is 0. The molecule has 3 heteroatoms. The van der Waals surface area contributed by atoms with E-state index in [0.717, 1.165) is 11.3 Å². The molecule has 2 aromatic carbocycles. The van der Waals surface area contributed by atoms with Gasteiger partial charge < -0.3 is 10.3 Å². The number of aromatic nitrogens is 2. The molecule has 20 heavy (non-hydrogen) atoms. The summed E-state index contributed by atoms with van der Waals surface area (Å²) in [6.45, 7) is 0.521. The number of nitrogens with two attached hydrogens (primary N) is 1. The van der Waals surface area contributed by atoms with Crippen molar-refractivity contribution in [3.8, 4) is 11.4 Å². The van der Waals surface area contributed by atoms with Crippen molar-refractivity contribution in [2.24, 2.45) is 12.8 Å². The quantitative estimate of drug-likeness (QED) is 0.571. The second kappa shape index (κ2) is 4.05. The zero-order valence-electron chi connectivity index (χ0n) is 11.3. The molecule has 0 aliphatic carbocycles. The Morgan fingerprint density at radius 3 is 2.50 bits per heavy atom. The summed E-state index contributed by atoms with van der Waals surface area (Å²) in [5.41, 5.74) is 10.6. The van der Waals surface area contributed by atoms with Crippen molar-refractivity contribution in [2.45, 2.75) is 6.54 Å². The van der Waals surface area contributed by atoms with Gasteiger partial charge in [-0.2, -0.15) is 0 Å². The van der Waals surface area contributed by atoms with Gasteiger partial charge in [0.1, 0.15) is 5.82 Å². The van der Waals surface area contributed by atoms with Gasteiger partial charge in [0.2, 0.25) is 0 Å². The fourth-order valence-electron chi connectivity index (χ4n) is 3.10. The summed E-state index contributed by atoms with van der Waals surface area (Å²) < 4.78 is 2.16. The second-order valence-electron chi connectivity index (χ2n) is 5.09. The molecule has 0 fully saturated rings. The van der Waals surface area contributed by atoms with Gasteiger partial charge in [-0.25, -0.2) is 4.98 Å². The van der Waals surface area contributed by atoms with Crippen LogP contribution in [-0.4, -0.2) is 9.55 Å². The van der Waals surface area contributed by atoms with Gasteiger partial charge in [-0.15, -0.1) is 0 Å². The van der Waals surface area contributed by atoms with Crippen LogP contribution >= 0.6 is 0 Å². The van der Waals surface area contributed by atoms with Crippen LogP contribution in [0.15, 0.2) is 48.5 Å². The number of para-hydroxylation sites is 2. The van der Waals surface area contributed by atoms with Gasteiger partial charge in [0.15, 0.2) is 0 Å². The third-order valence-electron chi connectivity index (χ3n) is 4.04. The van der Waals surface area contributed by atoms with Crippen LogP contribution in [0.5, 0.6) is 0 Å². The summed E-state index contributed by atoms with van der Waals surface area (Å²) in [5, 5.41) is 2.40. The number of benzene rings is 2. The molecule has 3 nitrogen and oxygen atoms in total. The van der Waals surface area contributed by atoms with E-state index in [0.29, 0.717) is 6.54 Å². The highest BCUT2D eigenvalue weighted by Crippen LogP contribution is 2.37. The van der Waals surface area contributed by atoms with E-state index >= 15 is 0 Å². The van der Waals surface area contributed by atoms with Crippen LogP contribution < -0.4 is 5.73 Å². The molecule has 0 radical (unpaired) electrons. The lowest BCUT2D eigenvalue weighted by molar-refractivity contribution is 0.928. The van der Waals surface area contributed by atoms with Crippen LogP contribution in [0.2, 0.25) is 0 Å². The Hall–Kier alpha value is -2.39. The Bertz CT molecular complexity index is 905. The molecule has 2 aliphatic heterocycles. The lowest BCUT2D eigenvalue weighted by Crippen LogP contribution is -2.07. The lowest BCUT2D eigenvalue weighted by Gasteiger charge is -2.16. The maximum Gasteiger partial charge on any atom is 0.141 e. The smallest absolute Gasteiger partial charge is 0.141 e. The average molecular weight is 261 g/mol. The zero-order valence-corrected chi connectivity index (χ0v) is 11.3. The van der Waals surface area contributed by atoms with E-state index in [9.17, 15) is 0 Å². The predicted molar refractivity (Wildman–Crippen MR) is 82.7 cm³/mol. The Balaban J connectivity index is 2.34. The summed E-state index contributed by atoms with van der Waals surface area (Å²) in [6, 6.07) is 16.6. The monoisotopic (exact) mass is 261 g/mol. The highest BCUT2D eigenvalue weighted by molar-refractivity contribution is 6.03. The molecular formula is C17H15N3. The van der Waals surface area contributed by atoms with E-state index in [4.69, 9.17) is 10.7 Å². The molecule has 0 amide bonds. The highest BCUT2D eigenvalue weighted by Gasteiger charge is 2.20. The van der Waals surface area contributed by atoms with E-state index in [2.05, 4.69) is 54.1 Å². The standard InChI is InChI=1S/C17H15N3/c1-20-15-9-5-3-6-11(15)13(10-18)16-12-7-2-4-8-14(12)19-17(16)20/h2-9H,10,18H2,1H3. The third-order valence-corrected chi connectivity index (χ3v) is 4.04. The normalized spacial score (nSPS) is 11.7. The molecule has 4 rings (SSSR count). The molecule has 2 heterocycles. The first kappa shape index (κ1) is 11.4. The molecule has 0 unspecified atom stereocenters. The third kappa shape index (κ3) is 1.35. The second-order valence-corrected chi connectivity index (χ2v) is 5.09. The lowest BCUT2D eigenvalue weighted by atomic mass is 9.99. The van der Waals surface area contributed by atoms with Crippen LogP contribution in [-0.2, 0) is 13.6 Å². The van der Waals surface area contributed by atoms with Crippen molar-refractivity contribution in [1.82, 2.24) is 9.55 Å². The fraction of sp³-hybridized carbons (Fsp3) is 0.118. The average Bonchev–Trinajstić information content (AvgIpc) is 2.88. The van der Waals surface area contributed by atoms with Gasteiger partial charge in [0, 0.05) is 35.4 Å². The SMILES string of the molecule is Cn1c2nc3ccccc3c-2c(CN)c2ccccc21. The summed E-state index contributed by atoms with van der Waals surface area (Å²) in [7, 11) is 2.07. The van der Waals surface area contributed by atoms with E-state index in [1.54, 1.807) is 0 Å². The van der Waals surface area contributed by atoms with E-state index in [1.165, 1.54) is 27.4 Å². The Morgan fingerprint density at radius 1 is 1.00 bits per heavy atom. The number of hydrogen-bond acceptors (Lipinski definition) is 2. The first-order valence-corrected chi connectivity index (χ1v) is 6.76. The zero-order chi connectivity index (χ0) is 13.7. The van der Waals surface area contributed by atoms with Crippen LogP contribution in [0.25, 0.3) is 33.2 Å². The molecule has 2 aromatic rings. The molecule has 0 atom stereocenters. The van der Waals surface area contributed by atoms with Crippen molar-refractivity contribution in [3.05, 3.63) is 54.1 Å². The van der Waals surface area contributed by atoms with E-state index < -0.39 is 0 Å². The van der Waals surface area contributed by atoms with Gasteiger partial charge in [-0.3, -0.25) is 0 Å². The van der Waals surface area contributed by atoms with Gasteiger partial charge in [-0.05, 0) is 17.7 Å². The molecular weight excluding hydrogens is 246 g/mol. The Labute approximate surface area is 117 Å². The molecule has 0 spiro atoms. The molecule has 2 aliphatic rings. The van der Waals surface area contributed by atoms with Crippen molar-refractivity contribution in [1.29, 1.82) is 0 Å². The van der Waals surface area contributed by atoms with E-state index in [1.807, 2.05) is 6.07 Å². The van der Waals surface area contributed by atoms with E-state index in [-0.39, 0.29) is 0 Å². The molecule has 0 saturated carbocycles. The maximum atomic E-state index is 6.05. The molecule has 0 bridgehead atoms. The van der Waals surface area contributed by atoms with Crippen molar-refractivity contribution in [3.63, 3.8) is 0 Å². The number of aryl methyl sites for hydroxylation is 1. The summed E-state index contributed by atoms with van der Waals surface area (Å²) >= 11 is 0. The van der Waals surface area contributed by atoms with Crippen molar-refractivity contribution < 1.29 is 0 Å². The first-order chi connectivity index (χ1) is 9.81. The van der Waals surface area contributed by atoms with Crippen molar-refractivity contribution >= 4 is 21.8 Å². The molecule has 0 aromatic heterocycles. The number of rotatable bonds is 1. The minimum atomic E-state index is 0.521. The van der Waals surface area contributed by atoms with Gasteiger partial charge in [0.05, 0.1) is 5.52 Å². The van der Waals surface area contributed by atoms with Gasteiger partial charge >= 0.3 is 0 Å². The largest absolute Gasteiger partial charge is 0.328 e. The van der Waals surface area contributed by atoms with Crippen molar-refractivity contribution in [2.75, 3.05) is 0 Å². The number of hydrogen-bond donors (Lipinski definition) is 1. The molecule has 2 N–H and O–H groups in total.